The fourth-order valence-corrected chi connectivity index (χ4v) is 3.97. The summed E-state index contributed by atoms with van der Waals surface area (Å²) < 4.78 is 7.41. The first-order chi connectivity index (χ1) is 15.5. The number of aromatic nitrogens is 4. The van der Waals surface area contributed by atoms with Gasteiger partial charge in [0, 0.05) is 31.0 Å². The van der Waals surface area contributed by atoms with Gasteiger partial charge in [0.05, 0.1) is 19.2 Å². The van der Waals surface area contributed by atoms with E-state index >= 15 is 0 Å². The normalized spacial score (nSPS) is 18.5. The summed E-state index contributed by atoms with van der Waals surface area (Å²) in [6, 6.07) is 7.93. The lowest BCUT2D eigenvalue weighted by atomic mass is 10.0. The third kappa shape index (κ3) is 3.80. The summed E-state index contributed by atoms with van der Waals surface area (Å²) in [6.45, 7) is 1.93. The van der Waals surface area contributed by atoms with Crippen molar-refractivity contribution >= 4 is 28.6 Å². The van der Waals surface area contributed by atoms with Gasteiger partial charge in [-0.15, -0.1) is 0 Å². The van der Waals surface area contributed by atoms with Crippen molar-refractivity contribution < 1.29 is 19.4 Å². The molecule has 0 radical (unpaired) electrons. The Morgan fingerprint density at radius 1 is 1.22 bits per heavy atom. The van der Waals surface area contributed by atoms with E-state index in [1.165, 1.54) is 18.2 Å². The van der Waals surface area contributed by atoms with Gasteiger partial charge in [-0.25, -0.2) is 14.8 Å². The van der Waals surface area contributed by atoms with Crippen molar-refractivity contribution in [3.05, 3.63) is 64.0 Å². The molecule has 0 bridgehead atoms. The zero-order valence-corrected chi connectivity index (χ0v) is 17.2. The maximum Gasteiger partial charge on any atom is 0.354 e. The van der Waals surface area contributed by atoms with Crippen LogP contribution in [0.1, 0.15) is 34.8 Å². The van der Waals surface area contributed by atoms with Crippen LogP contribution >= 0.6 is 0 Å². The van der Waals surface area contributed by atoms with E-state index in [0.29, 0.717) is 48.8 Å². The third-order valence-corrected chi connectivity index (χ3v) is 5.78. The summed E-state index contributed by atoms with van der Waals surface area (Å²) in [5, 5.41) is 9.31. The highest BCUT2D eigenvalue weighted by Gasteiger charge is 2.26. The second kappa shape index (κ2) is 8.04. The smallest absolute Gasteiger partial charge is 0.354 e. The molecule has 0 spiro atoms. The van der Waals surface area contributed by atoms with Crippen LogP contribution in [0, 0.1) is 0 Å². The molecule has 1 amide bonds. The van der Waals surface area contributed by atoms with Crippen LogP contribution in [0.25, 0.3) is 16.7 Å². The monoisotopic (exact) mass is 435 g/mol. The number of carboxylic acids is 1. The molecule has 164 valence electrons. The Hall–Kier alpha value is -3.79. The van der Waals surface area contributed by atoms with E-state index in [1.807, 2.05) is 4.57 Å². The van der Waals surface area contributed by atoms with Gasteiger partial charge >= 0.3 is 5.97 Å². The lowest BCUT2D eigenvalue weighted by Gasteiger charge is -2.29. The molecule has 2 aliphatic rings. The predicted molar refractivity (Wildman–Crippen MR) is 114 cm³/mol. The second-order valence-corrected chi connectivity index (χ2v) is 7.87. The Morgan fingerprint density at radius 2 is 2.06 bits per heavy atom. The van der Waals surface area contributed by atoms with E-state index in [2.05, 4.69) is 15.0 Å². The van der Waals surface area contributed by atoms with Crippen LogP contribution in [0.2, 0.25) is 0 Å². The molecule has 0 aliphatic carbocycles. The van der Waals surface area contributed by atoms with Gasteiger partial charge in [0.15, 0.2) is 11.3 Å². The predicted octanol–water partition coefficient (Wildman–Crippen LogP) is 1.42. The Morgan fingerprint density at radius 3 is 2.75 bits per heavy atom. The van der Waals surface area contributed by atoms with Crippen LogP contribution < -0.4 is 5.56 Å². The first-order valence-corrected chi connectivity index (χ1v) is 10.4. The van der Waals surface area contributed by atoms with Crippen molar-refractivity contribution in [3.63, 3.8) is 0 Å². The van der Waals surface area contributed by atoms with Gasteiger partial charge in [-0.1, -0.05) is 6.07 Å². The molecule has 5 heterocycles. The molecule has 5 rings (SSSR count). The molecule has 32 heavy (non-hydrogen) atoms. The van der Waals surface area contributed by atoms with Crippen LogP contribution in [-0.2, 0) is 22.6 Å². The van der Waals surface area contributed by atoms with Gasteiger partial charge in [0.25, 0.3) is 0 Å². The molecule has 0 unspecified atom stereocenters. The molecular formula is C22H21N5O5. The molecule has 3 aromatic heterocycles. The number of rotatable bonds is 6. The van der Waals surface area contributed by atoms with Crippen molar-refractivity contribution in [2.75, 3.05) is 13.2 Å². The number of nitrogens with zero attached hydrogens (tertiary/aromatic N) is 4. The lowest BCUT2D eigenvalue weighted by molar-refractivity contribution is -0.127. The molecule has 2 N–H and O–H groups in total. The maximum atomic E-state index is 12.8. The van der Waals surface area contributed by atoms with Gasteiger partial charge in [-0.2, -0.15) is 0 Å². The number of H-pyrrole nitrogens is 1. The Labute approximate surface area is 182 Å². The zero-order chi connectivity index (χ0) is 22.2. The molecular weight excluding hydrogens is 414 g/mol. The lowest BCUT2D eigenvalue weighted by Crippen LogP contribution is -2.36. The van der Waals surface area contributed by atoms with E-state index in [1.54, 1.807) is 23.1 Å². The Bertz CT molecular complexity index is 1300. The topological polar surface area (TPSA) is 130 Å². The molecule has 1 fully saturated rings. The van der Waals surface area contributed by atoms with Gasteiger partial charge in [-0.05, 0) is 36.6 Å². The number of ether oxygens (including phenoxy) is 1. The molecule has 0 aromatic carbocycles. The maximum absolute atomic E-state index is 12.8. The highest BCUT2D eigenvalue weighted by Crippen LogP contribution is 2.24. The molecule has 10 heteroatoms. The van der Waals surface area contributed by atoms with Crippen molar-refractivity contribution in [1.29, 1.82) is 0 Å². The third-order valence-electron chi connectivity index (χ3n) is 5.78. The quantitative estimate of drug-likeness (QED) is 0.599. The SMILES string of the molecule is O=C(O)c1ccc2nc(CN3CCC(c4cccc(=O)[nH]4)=CC3=O)n(C[C@@H]3CCO3)c2n1. The molecule has 1 saturated heterocycles. The summed E-state index contributed by atoms with van der Waals surface area (Å²) >= 11 is 0. The number of aromatic amines is 1. The number of hydrogen-bond acceptors (Lipinski definition) is 6. The van der Waals surface area contributed by atoms with Crippen LogP contribution in [0.4, 0.5) is 0 Å². The average Bonchev–Trinajstić information content (AvgIpc) is 3.08. The largest absolute Gasteiger partial charge is 0.477 e. The van der Waals surface area contributed by atoms with Crippen LogP contribution in [0.15, 0.2) is 41.2 Å². The van der Waals surface area contributed by atoms with Gasteiger partial charge in [0.2, 0.25) is 11.5 Å². The highest BCUT2D eigenvalue weighted by atomic mass is 16.5. The van der Waals surface area contributed by atoms with E-state index in [-0.39, 0.29) is 29.8 Å². The number of carbonyl (C=O) groups excluding carboxylic acids is 1. The minimum atomic E-state index is -1.11. The van der Waals surface area contributed by atoms with Gasteiger partial charge in [0.1, 0.15) is 11.3 Å². The van der Waals surface area contributed by atoms with Crippen LogP contribution in [0.3, 0.4) is 0 Å². The summed E-state index contributed by atoms with van der Waals surface area (Å²) in [6.07, 6.45) is 3.05. The Kier molecular flexibility index (Phi) is 5.06. The summed E-state index contributed by atoms with van der Waals surface area (Å²) in [5.74, 6) is -0.651. The van der Waals surface area contributed by atoms with E-state index in [4.69, 9.17) is 4.74 Å². The number of fused-ring (bicyclic) bond motifs is 1. The second-order valence-electron chi connectivity index (χ2n) is 7.87. The number of hydrogen-bond donors (Lipinski definition) is 2. The van der Waals surface area contributed by atoms with Gasteiger partial charge < -0.3 is 24.3 Å². The summed E-state index contributed by atoms with van der Waals surface area (Å²) in [4.78, 5) is 49.1. The number of nitrogens with one attached hydrogen (secondary N) is 1. The Balaban J connectivity index is 1.44. The first kappa shape index (κ1) is 20.1. The van der Waals surface area contributed by atoms with E-state index in [0.717, 1.165) is 12.0 Å². The van der Waals surface area contributed by atoms with Crippen molar-refractivity contribution in [3.8, 4) is 0 Å². The summed E-state index contributed by atoms with van der Waals surface area (Å²) in [7, 11) is 0. The molecule has 1 atom stereocenters. The number of carboxylic acid groups (broad SMARTS) is 1. The fourth-order valence-electron chi connectivity index (χ4n) is 3.97. The zero-order valence-electron chi connectivity index (χ0n) is 17.2. The average molecular weight is 435 g/mol. The van der Waals surface area contributed by atoms with Crippen molar-refractivity contribution in [2.45, 2.75) is 32.0 Å². The fraction of sp³-hybridized carbons (Fsp3) is 0.318. The minimum absolute atomic E-state index is 0.0138. The van der Waals surface area contributed by atoms with Crippen LogP contribution in [0.5, 0.6) is 0 Å². The highest BCUT2D eigenvalue weighted by molar-refractivity contribution is 5.96. The molecule has 0 saturated carbocycles. The number of pyridine rings is 2. The number of amides is 1. The number of imidazole rings is 1. The van der Waals surface area contributed by atoms with Crippen molar-refractivity contribution in [2.24, 2.45) is 0 Å². The van der Waals surface area contributed by atoms with Crippen LogP contribution in [-0.4, -0.2) is 60.7 Å². The van der Waals surface area contributed by atoms with E-state index in [9.17, 15) is 19.5 Å². The first-order valence-electron chi connectivity index (χ1n) is 10.4. The molecule has 10 nitrogen and oxygen atoms in total. The minimum Gasteiger partial charge on any atom is -0.477 e. The number of aromatic carboxylic acids is 1. The summed E-state index contributed by atoms with van der Waals surface area (Å²) in [5.41, 5.74) is 2.21. The standard InChI is InChI=1S/C22H21N5O5/c28-19-3-1-2-15(24-19)13-6-8-26(20(29)10-13)12-18-23-16-4-5-17(22(30)31)25-21(16)27(18)11-14-7-9-32-14/h1-5,10,14H,6-9,11-12H2,(H,24,28)(H,30,31)/t14-/m0/s1. The van der Waals surface area contributed by atoms with Gasteiger partial charge in [-0.3, -0.25) is 9.59 Å². The molecule has 3 aromatic rings. The molecule has 2 aliphatic heterocycles. The van der Waals surface area contributed by atoms with Crippen molar-refractivity contribution in [1.82, 2.24) is 24.4 Å². The number of carbonyl (C=O) groups is 2. The van der Waals surface area contributed by atoms with E-state index < -0.39 is 5.97 Å².